The van der Waals surface area contributed by atoms with Crippen molar-refractivity contribution in [2.24, 2.45) is 0 Å². The first kappa shape index (κ1) is 18.5. The lowest BCUT2D eigenvalue weighted by Gasteiger charge is -2.43. The van der Waals surface area contributed by atoms with E-state index in [9.17, 15) is 18.8 Å². The Labute approximate surface area is 162 Å². The summed E-state index contributed by atoms with van der Waals surface area (Å²) in [6, 6.07) is 3.38. The molecular formula is C19H24FN5O3. The van der Waals surface area contributed by atoms with E-state index in [-0.39, 0.29) is 42.3 Å². The summed E-state index contributed by atoms with van der Waals surface area (Å²) in [4.78, 5) is 39.8. The second kappa shape index (κ2) is 7.65. The predicted molar refractivity (Wildman–Crippen MR) is 102 cm³/mol. The zero-order valence-corrected chi connectivity index (χ0v) is 15.5. The van der Waals surface area contributed by atoms with Gasteiger partial charge in [-0.25, -0.2) is 14.0 Å². The van der Waals surface area contributed by atoms with Gasteiger partial charge in [0.15, 0.2) is 0 Å². The molecule has 3 fully saturated rings. The Bertz CT molecular complexity index is 802. The van der Waals surface area contributed by atoms with Crippen LogP contribution in [0, 0.1) is 5.82 Å². The van der Waals surface area contributed by atoms with E-state index in [1.54, 1.807) is 4.90 Å². The Hall–Kier alpha value is -2.84. The van der Waals surface area contributed by atoms with Crippen LogP contribution < -0.4 is 20.9 Å². The van der Waals surface area contributed by atoms with Crippen LogP contribution in [0.2, 0.25) is 0 Å². The minimum Gasteiger partial charge on any atom is -0.350 e. The maximum Gasteiger partial charge on any atom is 0.322 e. The van der Waals surface area contributed by atoms with Gasteiger partial charge in [-0.1, -0.05) is 12.8 Å². The van der Waals surface area contributed by atoms with Gasteiger partial charge in [0.25, 0.3) is 0 Å². The molecule has 150 valence electrons. The van der Waals surface area contributed by atoms with Crippen molar-refractivity contribution in [3.05, 3.63) is 24.0 Å². The monoisotopic (exact) mass is 389 g/mol. The molecular weight excluding hydrogens is 365 g/mol. The third kappa shape index (κ3) is 3.61. The number of urea groups is 2. The molecule has 2 saturated heterocycles. The number of benzene rings is 1. The highest BCUT2D eigenvalue weighted by molar-refractivity contribution is 5.96. The van der Waals surface area contributed by atoms with Gasteiger partial charge in [-0.05, 0) is 37.5 Å². The first-order valence-electron chi connectivity index (χ1n) is 9.75. The van der Waals surface area contributed by atoms with Crippen molar-refractivity contribution in [2.75, 3.05) is 29.9 Å². The normalized spacial score (nSPS) is 24.9. The topological polar surface area (TPSA) is 93.8 Å². The van der Waals surface area contributed by atoms with E-state index < -0.39 is 5.82 Å². The summed E-state index contributed by atoms with van der Waals surface area (Å²) in [7, 11) is 0. The Morgan fingerprint density at radius 3 is 2.82 bits per heavy atom. The fourth-order valence-corrected chi connectivity index (χ4v) is 4.25. The third-order valence-electron chi connectivity index (χ3n) is 5.62. The maximum atomic E-state index is 14.3. The van der Waals surface area contributed by atoms with Crippen molar-refractivity contribution >= 4 is 29.3 Å². The standard InChI is InChI=1S/C19H24FN5O3/c20-13-7-6-12(10-16(13)24-9-3-8-21-18(24)27)22-19(28)25-11-17(26)23-14-4-1-2-5-15(14)25/h6-7,10,14-15H,1-5,8-9,11H2,(H,21,27)(H,22,28)(H,23,26). The van der Waals surface area contributed by atoms with Crippen LogP contribution in [-0.4, -0.2) is 54.6 Å². The molecule has 2 aliphatic heterocycles. The summed E-state index contributed by atoms with van der Waals surface area (Å²) in [6.07, 6.45) is 4.49. The molecule has 0 radical (unpaired) electrons. The van der Waals surface area contributed by atoms with Crippen LogP contribution in [-0.2, 0) is 4.79 Å². The Morgan fingerprint density at radius 2 is 2.00 bits per heavy atom. The number of hydrogen-bond acceptors (Lipinski definition) is 3. The molecule has 0 aromatic heterocycles. The Morgan fingerprint density at radius 1 is 1.18 bits per heavy atom. The number of anilines is 2. The summed E-state index contributed by atoms with van der Waals surface area (Å²) in [5.74, 6) is -0.692. The molecule has 1 aromatic rings. The number of piperazine rings is 1. The van der Waals surface area contributed by atoms with Crippen molar-refractivity contribution in [1.29, 1.82) is 0 Å². The van der Waals surface area contributed by atoms with Crippen LogP contribution in [0.3, 0.4) is 0 Å². The quantitative estimate of drug-likeness (QED) is 0.722. The number of carbonyl (C=O) groups excluding carboxylic acids is 3. The van der Waals surface area contributed by atoms with E-state index in [4.69, 9.17) is 0 Å². The van der Waals surface area contributed by atoms with Crippen LogP contribution in [0.5, 0.6) is 0 Å². The number of halogens is 1. The molecule has 28 heavy (non-hydrogen) atoms. The molecule has 5 amide bonds. The number of amides is 5. The Balaban J connectivity index is 1.52. The summed E-state index contributed by atoms with van der Waals surface area (Å²) >= 11 is 0. The highest BCUT2D eigenvalue weighted by Gasteiger charge is 2.38. The molecule has 1 aromatic carbocycles. The van der Waals surface area contributed by atoms with E-state index in [1.807, 2.05) is 0 Å². The summed E-state index contributed by atoms with van der Waals surface area (Å²) in [5, 5.41) is 8.42. The zero-order valence-electron chi connectivity index (χ0n) is 15.5. The fourth-order valence-electron chi connectivity index (χ4n) is 4.25. The first-order chi connectivity index (χ1) is 13.5. The van der Waals surface area contributed by atoms with E-state index >= 15 is 0 Å². The number of fused-ring (bicyclic) bond motifs is 1. The van der Waals surface area contributed by atoms with Crippen LogP contribution in [0.4, 0.5) is 25.4 Å². The van der Waals surface area contributed by atoms with Gasteiger partial charge in [-0.15, -0.1) is 0 Å². The summed E-state index contributed by atoms with van der Waals surface area (Å²) in [6.45, 7) is 0.985. The molecule has 1 aliphatic carbocycles. The molecule has 3 aliphatic rings. The highest BCUT2D eigenvalue weighted by atomic mass is 19.1. The second-order valence-electron chi connectivity index (χ2n) is 7.49. The molecule has 2 atom stereocenters. The number of rotatable bonds is 2. The molecule has 9 heteroatoms. The van der Waals surface area contributed by atoms with Crippen LogP contribution in [0.1, 0.15) is 32.1 Å². The van der Waals surface area contributed by atoms with E-state index in [0.29, 0.717) is 25.2 Å². The average molecular weight is 389 g/mol. The lowest BCUT2D eigenvalue weighted by molar-refractivity contribution is -0.126. The van der Waals surface area contributed by atoms with Crippen LogP contribution >= 0.6 is 0 Å². The van der Waals surface area contributed by atoms with Gasteiger partial charge in [0.05, 0.1) is 11.7 Å². The molecule has 3 N–H and O–H groups in total. The van der Waals surface area contributed by atoms with Gasteiger partial charge in [-0.3, -0.25) is 9.69 Å². The number of nitrogens with zero attached hydrogens (tertiary/aromatic N) is 2. The van der Waals surface area contributed by atoms with E-state index in [0.717, 1.165) is 25.7 Å². The highest BCUT2D eigenvalue weighted by Crippen LogP contribution is 2.28. The van der Waals surface area contributed by atoms with Crippen molar-refractivity contribution < 1.29 is 18.8 Å². The van der Waals surface area contributed by atoms with Gasteiger partial charge >= 0.3 is 12.1 Å². The van der Waals surface area contributed by atoms with Crippen molar-refractivity contribution in [1.82, 2.24) is 15.5 Å². The number of nitrogens with one attached hydrogen (secondary N) is 3. The second-order valence-corrected chi connectivity index (χ2v) is 7.49. The van der Waals surface area contributed by atoms with Crippen LogP contribution in [0.25, 0.3) is 0 Å². The maximum absolute atomic E-state index is 14.3. The molecule has 0 spiro atoms. The van der Waals surface area contributed by atoms with Crippen molar-refractivity contribution in [2.45, 2.75) is 44.2 Å². The summed E-state index contributed by atoms with van der Waals surface area (Å²) in [5.41, 5.74) is 0.514. The lowest BCUT2D eigenvalue weighted by Crippen LogP contribution is -2.63. The number of carbonyl (C=O) groups is 3. The molecule has 2 unspecified atom stereocenters. The molecule has 8 nitrogen and oxygen atoms in total. The molecule has 1 saturated carbocycles. The molecule has 0 bridgehead atoms. The average Bonchev–Trinajstić information content (AvgIpc) is 2.69. The smallest absolute Gasteiger partial charge is 0.322 e. The van der Waals surface area contributed by atoms with Crippen LogP contribution in [0.15, 0.2) is 18.2 Å². The van der Waals surface area contributed by atoms with Crippen molar-refractivity contribution in [3.63, 3.8) is 0 Å². The zero-order chi connectivity index (χ0) is 19.7. The largest absolute Gasteiger partial charge is 0.350 e. The lowest BCUT2D eigenvalue weighted by atomic mass is 9.87. The molecule has 4 rings (SSSR count). The van der Waals surface area contributed by atoms with E-state index in [1.165, 1.54) is 23.1 Å². The minimum absolute atomic E-state index is 0.00951. The SMILES string of the molecule is O=C1CN(C(=O)Nc2ccc(F)c(N3CCCNC3=O)c2)C2CCCCC2N1. The van der Waals surface area contributed by atoms with Gasteiger partial charge in [-0.2, -0.15) is 0 Å². The Kier molecular flexibility index (Phi) is 5.06. The van der Waals surface area contributed by atoms with Crippen molar-refractivity contribution in [3.8, 4) is 0 Å². The number of hydrogen-bond donors (Lipinski definition) is 3. The fraction of sp³-hybridized carbons (Fsp3) is 0.526. The van der Waals surface area contributed by atoms with Gasteiger partial charge in [0.2, 0.25) is 5.91 Å². The predicted octanol–water partition coefficient (Wildman–Crippen LogP) is 2.02. The van der Waals surface area contributed by atoms with E-state index in [2.05, 4.69) is 16.0 Å². The summed E-state index contributed by atoms with van der Waals surface area (Å²) < 4.78 is 14.3. The minimum atomic E-state index is -0.528. The van der Waals surface area contributed by atoms with Gasteiger partial charge in [0, 0.05) is 24.8 Å². The van der Waals surface area contributed by atoms with Gasteiger partial charge < -0.3 is 20.9 Å². The third-order valence-corrected chi connectivity index (χ3v) is 5.62. The molecule has 2 heterocycles. The first-order valence-corrected chi connectivity index (χ1v) is 9.75. The van der Waals surface area contributed by atoms with Gasteiger partial charge in [0.1, 0.15) is 12.4 Å².